The summed E-state index contributed by atoms with van der Waals surface area (Å²) in [6.07, 6.45) is 0. The molecule has 0 bridgehead atoms. The molecule has 152 valence electrons. The summed E-state index contributed by atoms with van der Waals surface area (Å²) in [5.41, 5.74) is -0.578. The number of hydrogen-bond acceptors (Lipinski definition) is 6. The van der Waals surface area contributed by atoms with Crippen LogP contribution < -0.4 is 10.6 Å². The maximum atomic E-state index is 12.6. The van der Waals surface area contributed by atoms with Crippen molar-refractivity contribution in [3.63, 3.8) is 0 Å². The van der Waals surface area contributed by atoms with Gasteiger partial charge in [0.15, 0.2) is 0 Å². The zero-order valence-electron chi connectivity index (χ0n) is 16.1. The van der Waals surface area contributed by atoms with E-state index in [1.54, 1.807) is 39.8 Å². The number of nitrogens with zero attached hydrogens (tertiary/aromatic N) is 1. The molecule has 8 nitrogen and oxygen atoms in total. The van der Waals surface area contributed by atoms with Gasteiger partial charge in [-0.25, -0.2) is 8.42 Å². The Balaban J connectivity index is 1.92. The highest BCUT2D eigenvalue weighted by Gasteiger charge is 2.28. The van der Waals surface area contributed by atoms with E-state index in [0.29, 0.717) is 26.3 Å². The highest BCUT2D eigenvalue weighted by Crippen LogP contribution is 2.25. The van der Waals surface area contributed by atoms with Crippen LogP contribution in [-0.4, -0.2) is 56.9 Å². The lowest BCUT2D eigenvalue weighted by atomic mass is 9.95. The lowest BCUT2D eigenvalue weighted by Crippen LogP contribution is -2.48. The fourth-order valence-corrected chi connectivity index (χ4v) is 5.17. The van der Waals surface area contributed by atoms with Gasteiger partial charge in [-0.1, -0.05) is 20.8 Å². The van der Waals surface area contributed by atoms with E-state index < -0.39 is 21.5 Å². The van der Waals surface area contributed by atoms with Crippen LogP contribution in [0.2, 0.25) is 0 Å². The van der Waals surface area contributed by atoms with Gasteiger partial charge in [0.05, 0.1) is 19.8 Å². The summed E-state index contributed by atoms with van der Waals surface area (Å²) in [7, 11) is -3.53. The number of thiophene rings is 1. The van der Waals surface area contributed by atoms with Crippen LogP contribution in [0.3, 0.4) is 0 Å². The summed E-state index contributed by atoms with van der Waals surface area (Å²) in [4.78, 5) is 24.8. The van der Waals surface area contributed by atoms with Gasteiger partial charge in [-0.2, -0.15) is 4.31 Å². The summed E-state index contributed by atoms with van der Waals surface area (Å²) in [6.45, 7) is 8.62. The Morgan fingerprint density at radius 2 is 1.89 bits per heavy atom. The Kier molecular flexibility index (Phi) is 7.01. The SMILES string of the molecule is CC(NC(=O)C(C)(C)C)C(=O)NCc1ccc(S(=O)(=O)N2CCOCC2)s1. The van der Waals surface area contributed by atoms with Crippen molar-refractivity contribution < 1.29 is 22.7 Å². The van der Waals surface area contributed by atoms with E-state index in [0.717, 1.165) is 16.2 Å². The van der Waals surface area contributed by atoms with Gasteiger partial charge in [-0.05, 0) is 19.1 Å². The Labute approximate surface area is 164 Å². The fraction of sp³-hybridized carbons (Fsp3) is 0.647. The molecule has 2 heterocycles. The molecule has 1 fully saturated rings. The number of nitrogens with one attached hydrogen (secondary N) is 2. The van der Waals surface area contributed by atoms with Gasteiger partial charge in [0, 0.05) is 23.4 Å². The largest absolute Gasteiger partial charge is 0.379 e. The molecule has 2 N–H and O–H groups in total. The Bertz CT molecular complexity index is 777. The third-order valence-corrected chi connectivity index (χ3v) is 7.51. The second-order valence-electron chi connectivity index (χ2n) is 7.40. The van der Waals surface area contributed by atoms with E-state index in [9.17, 15) is 18.0 Å². The molecule has 0 radical (unpaired) electrons. The molecular weight excluding hydrogens is 390 g/mol. The summed E-state index contributed by atoms with van der Waals surface area (Å²) in [6, 6.07) is 2.58. The molecule has 2 amide bonds. The van der Waals surface area contributed by atoms with Gasteiger partial charge in [-0.3, -0.25) is 9.59 Å². The molecule has 2 rings (SSSR count). The van der Waals surface area contributed by atoms with Gasteiger partial charge in [-0.15, -0.1) is 11.3 Å². The van der Waals surface area contributed by atoms with Crippen molar-refractivity contribution in [2.75, 3.05) is 26.3 Å². The van der Waals surface area contributed by atoms with Crippen LogP contribution in [0.15, 0.2) is 16.3 Å². The molecule has 27 heavy (non-hydrogen) atoms. The average molecular weight is 418 g/mol. The predicted octanol–water partition coefficient (Wildman–Crippen LogP) is 0.936. The van der Waals surface area contributed by atoms with Gasteiger partial charge >= 0.3 is 0 Å². The fourth-order valence-electron chi connectivity index (χ4n) is 2.31. The molecule has 1 atom stereocenters. The van der Waals surface area contributed by atoms with Crippen molar-refractivity contribution >= 4 is 33.2 Å². The first-order valence-electron chi connectivity index (χ1n) is 8.77. The Morgan fingerprint density at radius 3 is 2.48 bits per heavy atom. The number of sulfonamides is 1. The van der Waals surface area contributed by atoms with Crippen molar-refractivity contribution in [3.05, 3.63) is 17.0 Å². The minimum absolute atomic E-state index is 0.206. The second kappa shape index (κ2) is 8.68. The first kappa shape index (κ1) is 21.8. The van der Waals surface area contributed by atoms with Crippen LogP contribution >= 0.6 is 11.3 Å². The van der Waals surface area contributed by atoms with Gasteiger partial charge in [0.2, 0.25) is 11.8 Å². The number of morpholine rings is 1. The third kappa shape index (κ3) is 5.74. The van der Waals surface area contributed by atoms with Crippen LogP contribution in [0, 0.1) is 5.41 Å². The molecule has 0 spiro atoms. The van der Waals surface area contributed by atoms with Gasteiger partial charge in [0.1, 0.15) is 10.3 Å². The van der Waals surface area contributed by atoms with E-state index in [1.165, 1.54) is 4.31 Å². The number of ether oxygens (including phenoxy) is 1. The number of amides is 2. The molecule has 1 saturated heterocycles. The quantitative estimate of drug-likeness (QED) is 0.717. The number of carbonyl (C=O) groups excluding carboxylic acids is 2. The molecule has 0 saturated carbocycles. The minimum Gasteiger partial charge on any atom is -0.379 e. The summed E-state index contributed by atoms with van der Waals surface area (Å²) in [5, 5.41) is 5.39. The normalized spacial score (nSPS) is 17.3. The molecule has 1 unspecified atom stereocenters. The Hall–Kier alpha value is -1.49. The maximum absolute atomic E-state index is 12.6. The zero-order valence-corrected chi connectivity index (χ0v) is 17.7. The minimum atomic E-state index is -3.53. The van der Waals surface area contributed by atoms with Crippen molar-refractivity contribution in [2.24, 2.45) is 5.41 Å². The number of carbonyl (C=O) groups is 2. The number of rotatable bonds is 6. The number of hydrogen-bond donors (Lipinski definition) is 2. The van der Waals surface area contributed by atoms with Crippen LogP contribution in [0.1, 0.15) is 32.6 Å². The predicted molar refractivity (Wildman–Crippen MR) is 103 cm³/mol. The lowest BCUT2D eigenvalue weighted by Gasteiger charge is -2.25. The van der Waals surface area contributed by atoms with Gasteiger partial charge < -0.3 is 15.4 Å². The van der Waals surface area contributed by atoms with Crippen molar-refractivity contribution in [1.29, 1.82) is 0 Å². The monoisotopic (exact) mass is 417 g/mol. The highest BCUT2D eigenvalue weighted by atomic mass is 32.2. The molecular formula is C17H27N3O5S2. The molecule has 1 aromatic rings. The van der Waals surface area contributed by atoms with Crippen LogP contribution in [-0.2, 0) is 30.9 Å². The van der Waals surface area contributed by atoms with E-state index in [2.05, 4.69) is 10.6 Å². The molecule has 0 aromatic carbocycles. The van der Waals surface area contributed by atoms with Crippen LogP contribution in [0.5, 0.6) is 0 Å². The van der Waals surface area contributed by atoms with Crippen molar-refractivity contribution in [3.8, 4) is 0 Å². The van der Waals surface area contributed by atoms with Gasteiger partial charge in [0.25, 0.3) is 10.0 Å². The average Bonchev–Trinajstić information content (AvgIpc) is 3.09. The summed E-state index contributed by atoms with van der Waals surface area (Å²) >= 11 is 1.13. The molecule has 1 aromatic heterocycles. The van der Waals surface area contributed by atoms with Crippen molar-refractivity contribution in [2.45, 2.75) is 44.5 Å². The smallest absolute Gasteiger partial charge is 0.252 e. The molecule has 1 aliphatic rings. The van der Waals surface area contributed by atoms with E-state index in [4.69, 9.17) is 4.74 Å². The topological polar surface area (TPSA) is 105 Å². The molecule has 10 heteroatoms. The third-order valence-electron chi connectivity index (χ3n) is 4.06. The van der Waals surface area contributed by atoms with Crippen molar-refractivity contribution in [1.82, 2.24) is 14.9 Å². The molecule has 0 aliphatic carbocycles. The Morgan fingerprint density at radius 1 is 1.26 bits per heavy atom. The van der Waals surface area contributed by atoms with Crippen LogP contribution in [0.25, 0.3) is 0 Å². The second-order valence-corrected chi connectivity index (χ2v) is 10.7. The first-order valence-corrected chi connectivity index (χ1v) is 11.0. The maximum Gasteiger partial charge on any atom is 0.252 e. The lowest BCUT2D eigenvalue weighted by molar-refractivity contribution is -0.133. The van der Waals surface area contributed by atoms with Crippen LogP contribution in [0.4, 0.5) is 0 Å². The molecule has 1 aliphatic heterocycles. The van der Waals surface area contributed by atoms with E-state index in [-0.39, 0.29) is 22.6 Å². The zero-order chi connectivity index (χ0) is 20.2. The summed E-state index contributed by atoms with van der Waals surface area (Å²) < 4.78 is 32.1. The van der Waals surface area contributed by atoms with E-state index in [1.807, 2.05) is 0 Å². The summed E-state index contributed by atoms with van der Waals surface area (Å²) in [5.74, 6) is -0.529. The first-order chi connectivity index (χ1) is 12.5. The highest BCUT2D eigenvalue weighted by molar-refractivity contribution is 7.91. The standard InChI is InChI=1S/C17H27N3O5S2/c1-12(19-16(22)17(2,3)4)15(21)18-11-13-5-6-14(26-13)27(23,24)20-7-9-25-10-8-20/h5-6,12H,7-11H2,1-4H3,(H,18,21)(H,19,22). The van der Waals surface area contributed by atoms with E-state index >= 15 is 0 Å².